The summed E-state index contributed by atoms with van der Waals surface area (Å²) in [4.78, 5) is 7.92. The molecule has 5 nitrogen and oxygen atoms in total. The van der Waals surface area contributed by atoms with Gasteiger partial charge in [0.1, 0.15) is 17.1 Å². The molecule has 0 spiro atoms. The maximum atomic E-state index is 13.5. The number of benzene rings is 2. The first-order chi connectivity index (χ1) is 13.7. The van der Waals surface area contributed by atoms with E-state index in [9.17, 15) is 13.2 Å². The molecule has 0 saturated heterocycles. The number of rotatable bonds is 6. The van der Waals surface area contributed by atoms with Crippen LogP contribution in [0, 0.1) is 6.92 Å². The molecule has 0 unspecified atom stereocenters. The average molecular weight is 402 g/mol. The molecule has 0 fully saturated rings. The van der Waals surface area contributed by atoms with Gasteiger partial charge in [-0.15, -0.1) is 0 Å². The molecular weight excluding hydrogens is 381 g/mol. The SMILES string of the molecule is Cc1ccccc1Nc1ncc(C(F)(F)F)c(Nc2ccccc2OC(C)C)n1. The molecule has 0 saturated carbocycles. The predicted octanol–water partition coefficient (Wildman–Crippen LogP) is 6.08. The van der Waals surface area contributed by atoms with Gasteiger partial charge in [0.2, 0.25) is 5.95 Å². The van der Waals surface area contributed by atoms with Crippen LogP contribution in [0.5, 0.6) is 5.75 Å². The minimum atomic E-state index is -4.61. The largest absolute Gasteiger partial charge is 0.489 e. The third-order valence-electron chi connectivity index (χ3n) is 3.99. The minimum absolute atomic E-state index is 0.0528. The average Bonchev–Trinajstić information content (AvgIpc) is 2.64. The summed E-state index contributed by atoms with van der Waals surface area (Å²) in [5.74, 6) is 0.128. The normalized spacial score (nSPS) is 11.4. The highest BCUT2D eigenvalue weighted by Gasteiger charge is 2.35. The number of hydrogen-bond donors (Lipinski definition) is 2. The summed E-state index contributed by atoms with van der Waals surface area (Å²) < 4.78 is 46.2. The van der Waals surface area contributed by atoms with Gasteiger partial charge in [0.15, 0.2) is 0 Å². The molecule has 3 rings (SSSR count). The van der Waals surface area contributed by atoms with Crippen LogP contribution >= 0.6 is 0 Å². The number of halogens is 3. The number of anilines is 4. The van der Waals surface area contributed by atoms with Crippen LogP contribution in [0.15, 0.2) is 54.7 Å². The van der Waals surface area contributed by atoms with E-state index in [1.807, 2.05) is 39.0 Å². The molecule has 0 radical (unpaired) electrons. The third-order valence-corrected chi connectivity index (χ3v) is 3.99. The lowest BCUT2D eigenvalue weighted by Crippen LogP contribution is -2.13. The lowest BCUT2D eigenvalue weighted by atomic mass is 10.2. The summed E-state index contributed by atoms with van der Waals surface area (Å²) in [6.07, 6.45) is -3.98. The second kappa shape index (κ2) is 8.38. The Labute approximate surface area is 167 Å². The van der Waals surface area contributed by atoms with Crippen LogP contribution in [0.3, 0.4) is 0 Å². The Morgan fingerprint density at radius 2 is 1.59 bits per heavy atom. The fourth-order valence-electron chi connectivity index (χ4n) is 2.63. The van der Waals surface area contributed by atoms with Gasteiger partial charge in [-0.3, -0.25) is 0 Å². The highest BCUT2D eigenvalue weighted by atomic mass is 19.4. The highest BCUT2D eigenvalue weighted by molar-refractivity contribution is 5.68. The molecule has 1 aromatic heterocycles. The van der Waals surface area contributed by atoms with Crippen molar-refractivity contribution >= 4 is 23.1 Å². The Morgan fingerprint density at radius 1 is 0.931 bits per heavy atom. The van der Waals surface area contributed by atoms with Crippen molar-refractivity contribution in [2.24, 2.45) is 0 Å². The lowest BCUT2D eigenvalue weighted by molar-refractivity contribution is -0.137. The molecule has 152 valence electrons. The lowest BCUT2D eigenvalue weighted by Gasteiger charge is -2.18. The maximum Gasteiger partial charge on any atom is 0.421 e. The van der Waals surface area contributed by atoms with Gasteiger partial charge in [0.25, 0.3) is 0 Å². The number of nitrogens with one attached hydrogen (secondary N) is 2. The van der Waals surface area contributed by atoms with Crippen molar-refractivity contribution in [1.29, 1.82) is 0 Å². The molecular formula is C21H21F3N4O. The summed E-state index contributed by atoms with van der Waals surface area (Å²) in [6.45, 7) is 5.56. The molecule has 2 aromatic carbocycles. The zero-order valence-corrected chi connectivity index (χ0v) is 16.2. The van der Waals surface area contributed by atoms with Crippen LogP contribution in [-0.4, -0.2) is 16.1 Å². The predicted molar refractivity (Wildman–Crippen MR) is 107 cm³/mol. The first-order valence-electron chi connectivity index (χ1n) is 9.03. The van der Waals surface area contributed by atoms with Gasteiger partial charge >= 0.3 is 6.18 Å². The molecule has 0 aliphatic carbocycles. The van der Waals surface area contributed by atoms with E-state index >= 15 is 0 Å². The zero-order valence-electron chi connectivity index (χ0n) is 16.2. The van der Waals surface area contributed by atoms with Crippen molar-refractivity contribution in [1.82, 2.24) is 9.97 Å². The van der Waals surface area contributed by atoms with Crippen LogP contribution in [0.1, 0.15) is 25.0 Å². The number of para-hydroxylation sites is 3. The fourth-order valence-corrected chi connectivity index (χ4v) is 2.63. The number of aromatic nitrogens is 2. The zero-order chi connectivity index (χ0) is 21.0. The molecule has 8 heteroatoms. The van der Waals surface area contributed by atoms with Crippen LogP contribution < -0.4 is 15.4 Å². The number of ether oxygens (including phenoxy) is 1. The Morgan fingerprint density at radius 3 is 2.24 bits per heavy atom. The van der Waals surface area contributed by atoms with Crippen molar-refractivity contribution in [2.75, 3.05) is 10.6 Å². The van der Waals surface area contributed by atoms with E-state index in [0.717, 1.165) is 11.8 Å². The van der Waals surface area contributed by atoms with E-state index in [1.165, 1.54) is 0 Å². The van der Waals surface area contributed by atoms with Crippen molar-refractivity contribution < 1.29 is 17.9 Å². The first-order valence-corrected chi connectivity index (χ1v) is 9.03. The van der Waals surface area contributed by atoms with Gasteiger partial charge in [-0.1, -0.05) is 30.3 Å². The number of alkyl halides is 3. The summed E-state index contributed by atoms with van der Waals surface area (Å²) >= 11 is 0. The molecule has 0 aliphatic rings. The Kier molecular flexibility index (Phi) is 5.91. The molecule has 0 bridgehead atoms. The third kappa shape index (κ3) is 5.16. The molecule has 1 heterocycles. The minimum Gasteiger partial charge on any atom is -0.489 e. The summed E-state index contributed by atoms with van der Waals surface area (Å²) in [7, 11) is 0. The molecule has 29 heavy (non-hydrogen) atoms. The second-order valence-corrected chi connectivity index (χ2v) is 6.68. The Bertz CT molecular complexity index is 990. The number of nitrogens with zero attached hydrogens (tertiary/aromatic N) is 2. The molecule has 3 aromatic rings. The van der Waals surface area contributed by atoms with Gasteiger partial charge in [0.05, 0.1) is 11.8 Å². The van der Waals surface area contributed by atoms with E-state index in [1.54, 1.807) is 30.3 Å². The van der Waals surface area contributed by atoms with Gasteiger partial charge in [-0.2, -0.15) is 18.2 Å². The van der Waals surface area contributed by atoms with Crippen LogP contribution in [0.4, 0.5) is 36.3 Å². The second-order valence-electron chi connectivity index (χ2n) is 6.68. The van der Waals surface area contributed by atoms with Gasteiger partial charge < -0.3 is 15.4 Å². The Hall–Kier alpha value is -3.29. The smallest absolute Gasteiger partial charge is 0.421 e. The van der Waals surface area contributed by atoms with Gasteiger partial charge in [-0.05, 0) is 44.5 Å². The monoisotopic (exact) mass is 402 g/mol. The topological polar surface area (TPSA) is 59.1 Å². The molecule has 0 atom stereocenters. The number of hydrogen-bond acceptors (Lipinski definition) is 5. The van der Waals surface area contributed by atoms with Crippen LogP contribution in [0.2, 0.25) is 0 Å². The van der Waals surface area contributed by atoms with E-state index in [0.29, 0.717) is 17.1 Å². The fraction of sp³-hybridized carbons (Fsp3) is 0.238. The molecule has 0 aliphatic heterocycles. The van der Waals surface area contributed by atoms with E-state index in [-0.39, 0.29) is 17.9 Å². The van der Waals surface area contributed by atoms with Crippen LogP contribution in [0.25, 0.3) is 0 Å². The first kappa shape index (κ1) is 20.4. The van der Waals surface area contributed by atoms with Gasteiger partial charge in [0, 0.05) is 11.9 Å². The molecule has 2 N–H and O–H groups in total. The van der Waals surface area contributed by atoms with Crippen LogP contribution in [-0.2, 0) is 6.18 Å². The van der Waals surface area contributed by atoms with E-state index < -0.39 is 11.7 Å². The van der Waals surface area contributed by atoms with Crippen molar-refractivity contribution in [3.05, 3.63) is 65.9 Å². The molecule has 0 amide bonds. The Balaban J connectivity index is 1.99. The van der Waals surface area contributed by atoms with Crippen molar-refractivity contribution in [3.8, 4) is 5.75 Å². The van der Waals surface area contributed by atoms with E-state index in [2.05, 4.69) is 20.6 Å². The standard InChI is InChI=1S/C21H21F3N4O/c1-13(2)29-18-11-7-6-10-17(18)26-19-15(21(22,23)24)12-25-20(28-19)27-16-9-5-4-8-14(16)3/h4-13H,1-3H3,(H2,25,26,27,28). The van der Waals surface area contributed by atoms with Crippen molar-refractivity contribution in [3.63, 3.8) is 0 Å². The summed E-state index contributed by atoms with van der Waals surface area (Å²) in [6, 6.07) is 14.1. The number of aryl methyl sites for hydroxylation is 1. The van der Waals surface area contributed by atoms with Crippen molar-refractivity contribution in [2.45, 2.75) is 33.1 Å². The summed E-state index contributed by atoms with van der Waals surface area (Å²) in [5.41, 5.74) is 1.04. The van der Waals surface area contributed by atoms with Gasteiger partial charge in [-0.25, -0.2) is 4.98 Å². The maximum absolute atomic E-state index is 13.5. The summed E-state index contributed by atoms with van der Waals surface area (Å²) in [5, 5.41) is 5.72. The quantitative estimate of drug-likeness (QED) is 0.523. The highest BCUT2D eigenvalue weighted by Crippen LogP contribution is 2.37. The van der Waals surface area contributed by atoms with E-state index in [4.69, 9.17) is 4.74 Å².